The zero-order valence-electron chi connectivity index (χ0n) is 12.6. The summed E-state index contributed by atoms with van der Waals surface area (Å²) in [7, 11) is 0. The Balaban J connectivity index is 1.82. The quantitative estimate of drug-likeness (QED) is 0.905. The third-order valence-corrected chi connectivity index (χ3v) is 4.09. The lowest BCUT2D eigenvalue weighted by Crippen LogP contribution is -2.13. The van der Waals surface area contributed by atoms with Gasteiger partial charge < -0.3 is 5.32 Å². The van der Waals surface area contributed by atoms with E-state index in [2.05, 4.69) is 66.3 Å². The minimum Gasteiger partial charge on any atom is -0.315 e. The molecule has 0 radical (unpaired) electrons. The van der Waals surface area contributed by atoms with Gasteiger partial charge in [0.1, 0.15) is 0 Å². The Kier molecular flexibility index (Phi) is 3.38. The predicted molar refractivity (Wildman–Crippen MR) is 82.9 cm³/mol. The van der Waals surface area contributed by atoms with Crippen LogP contribution in [0.4, 0.5) is 0 Å². The standard InChI is InChI=1S/C17H23N3/c1-17(2,3)15-6-4-13(5-7-15)14-10-19-20(12-14)16-8-9-18-11-16/h4-7,10,12,16,18H,8-9,11H2,1-3H3. The second-order valence-electron chi connectivity index (χ2n) is 6.68. The van der Waals surface area contributed by atoms with Crippen LogP contribution < -0.4 is 5.32 Å². The second kappa shape index (κ2) is 5.06. The SMILES string of the molecule is CC(C)(C)c1ccc(-c2cnn(C3CCNC3)c2)cc1. The van der Waals surface area contributed by atoms with Crippen molar-refractivity contribution >= 4 is 0 Å². The van der Waals surface area contributed by atoms with Crippen molar-refractivity contribution in [1.82, 2.24) is 15.1 Å². The Morgan fingerprint density at radius 2 is 1.90 bits per heavy atom. The predicted octanol–water partition coefficient (Wildman–Crippen LogP) is 3.38. The normalized spacial score (nSPS) is 19.4. The molecule has 3 rings (SSSR count). The molecule has 1 saturated heterocycles. The largest absolute Gasteiger partial charge is 0.315 e. The summed E-state index contributed by atoms with van der Waals surface area (Å²) < 4.78 is 2.10. The van der Waals surface area contributed by atoms with Crippen LogP contribution in [0.2, 0.25) is 0 Å². The maximum absolute atomic E-state index is 4.52. The fraction of sp³-hybridized carbons (Fsp3) is 0.471. The summed E-state index contributed by atoms with van der Waals surface area (Å²) in [6, 6.07) is 9.37. The maximum Gasteiger partial charge on any atom is 0.0655 e. The zero-order valence-corrected chi connectivity index (χ0v) is 12.6. The molecular formula is C17H23N3. The summed E-state index contributed by atoms with van der Waals surface area (Å²) >= 11 is 0. The maximum atomic E-state index is 4.52. The highest BCUT2D eigenvalue weighted by Crippen LogP contribution is 2.26. The van der Waals surface area contributed by atoms with Crippen molar-refractivity contribution in [2.45, 2.75) is 38.6 Å². The van der Waals surface area contributed by atoms with Gasteiger partial charge in [-0.05, 0) is 29.5 Å². The number of rotatable bonds is 2. The molecule has 0 amide bonds. The first-order valence-corrected chi connectivity index (χ1v) is 7.40. The third kappa shape index (κ3) is 2.63. The number of benzene rings is 1. The van der Waals surface area contributed by atoms with Gasteiger partial charge in [0.2, 0.25) is 0 Å². The van der Waals surface area contributed by atoms with Crippen molar-refractivity contribution in [3.05, 3.63) is 42.2 Å². The summed E-state index contributed by atoms with van der Waals surface area (Å²) in [5.74, 6) is 0. The molecule has 0 saturated carbocycles. The van der Waals surface area contributed by atoms with Gasteiger partial charge in [-0.25, -0.2) is 0 Å². The van der Waals surface area contributed by atoms with Crippen molar-refractivity contribution in [1.29, 1.82) is 0 Å². The molecule has 0 spiro atoms. The van der Waals surface area contributed by atoms with Crippen LogP contribution in [-0.4, -0.2) is 22.9 Å². The molecule has 1 atom stereocenters. The number of hydrogen-bond acceptors (Lipinski definition) is 2. The van der Waals surface area contributed by atoms with E-state index in [0.717, 1.165) is 13.1 Å². The van der Waals surface area contributed by atoms with E-state index in [-0.39, 0.29) is 5.41 Å². The van der Waals surface area contributed by atoms with E-state index >= 15 is 0 Å². The molecule has 1 aromatic carbocycles. The lowest BCUT2D eigenvalue weighted by Gasteiger charge is -2.19. The molecular weight excluding hydrogens is 246 g/mol. The van der Waals surface area contributed by atoms with Crippen molar-refractivity contribution < 1.29 is 0 Å². The van der Waals surface area contributed by atoms with Crippen molar-refractivity contribution in [2.75, 3.05) is 13.1 Å². The van der Waals surface area contributed by atoms with E-state index in [9.17, 15) is 0 Å². The van der Waals surface area contributed by atoms with Crippen LogP contribution in [0.5, 0.6) is 0 Å². The molecule has 0 bridgehead atoms. The average molecular weight is 269 g/mol. The van der Waals surface area contributed by atoms with Crippen LogP contribution in [0.15, 0.2) is 36.7 Å². The number of nitrogens with zero attached hydrogens (tertiary/aromatic N) is 2. The van der Waals surface area contributed by atoms with E-state index in [1.165, 1.54) is 23.1 Å². The van der Waals surface area contributed by atoms with E-state index in [1.807, 2.05) is 6.20 Å². The van der Waals surface area contributed by atoms with Crippen LogP contribution >= 0.6 is 0 Å². The molecule has 3 nitrogen and oxygen atoms in total. The molecule has 2 aromatic rings. The first-order valence-electron chi connectivity index (χ1n) is 7.40. The van der Waals surface area contributed by atoms with Crippen molar-refractivity contribution in [3.63, 3.8) is 0 Å². The first-order chi connectivity index (χ1) is 9.54. The van der Waals surface area contributed by atoms with E-state index in [4.69, 9.17) is 0 Å². The van der Waals surface area contributed by atoms with Gasteiger partial charge in [0.05, 0.1) is 12.2 Å². The molecule has 1 aromatic heterocycles. The van der Waals surface area contributed by atoms with E-state index < -0.39 is 0 Å². The Labute approximate surface area is 121 Å². The van der Waals surface area contributed by atoms with Crippen LogP contribution in [-0.2, 0) is 5.41 Å². The van der Waals surface area contributed by atoms with E-state index in [0.29, 0.717) is 6.04 Å². The average Bonchev–Trinajstić information content (AvgIpc) is 3.09. The first kappa shape index (κ1) is 13.4. The van der Waals surface area contributed by atoms with Crippen LogP contribution in [0.1, 0.15) is 38.8 Å². The summed E-state index contributed by atoms with van der Waals surface area (Å²) in [5.41, 5.74) is 4.03. The molecule has 0 aliphatic carbocycles. The Hall–Kier alpha value is -1.61. The Bertz CT molecular complexity index is 569. The van der Waals surface area contributed by atoms with Crippen LogP contribution in [0, 0.1) is 0 Å². The summed E-state index contributed by atoms with van der Waals surface area (Å²) in [4.78, 5) is 0. The van der Waals surface area contributed by atoms with Crippen molar-refractivity contribution in [2.24, 2.45) is 0 Å². The molecule has 1 aliphatic rings. The highest BCUT2D eigenvalue weighted by Gasteiger charge is 2.17. The smallest absolute Gasteiger partial charge is 0.0655 e. The topological polar surface area (TPSA) is 29.9 Å². The molecule has 106 valence electrons. The Morgan fingerprint density at radius 1 is 1.15 bits per heavy atom. The lowest BCUT2D eigenvalue weighted by atomic mass is 9.86. The van der Waals surface area contributed by atoms with Gasteiger partial charge in [0.15, 0.2) is 0 Å². The zero-order chi connectivity index (χ0) is 14.2. The molecule has 3 heteroatoms. The minimum atomic E-state index is 0.207. The molecule has 1 unspecified atom stereocenters. The minimum absolute atomic E-state index is 0.207. The monoisotopic (exact) mass is 269 g/mol. The van der Waals surface area contributed by atoms with Gasteiger partial charge in [-0.3, -0.25) is 4.68 Å². The highest BCUT2D eigenvalue weighted by atomic mass is 15.3. The Morgan fingerprint density at radius 3 is 2.50 bits per heavy atom. The van der Waals surface area contributed by atoms with Crippen LogP contribution in [0.3, 0.4) is 0 Å². The number of aromatic nitrogens is 2. The number of hydrogen-bond donors (Lipinski definition) is 1. The number of nitrogens with one attached hydrogen (secondary N) is 1. The van der Waals surface area contributed by atoms with Crippen molar-refractivity contribution in [3.8, 4) is 11.1 Å². The van der Waals surface area contributed by atoms with E-state index in [1.54, 1.807) is 0 Å². The second-order valence-corrected chi connectivity index (χ2v) is 6.68. The molecule has 20 heavy (non-hydrogen) atoms. The van der Waals surface area contributed by atoms with Crippen LogP contribution in [0.25, 0.3) is 11.1 Å². The molecule has 1 N–H and O–H groups in total. The fourth-order valence-electron chi connectivity index (χ4n) is 2.71. The summed E-state index contributed by atoms with van der Waals surface area (Å²) in [6.45, 7) is 8.86. The molecule has 2 heterocycles. The van der Waals surface area contributed by atoms with Gasteiger partial charge in [-0.1, -0.05) is 45.0 Å². The van der Waals surface area contributed by atoms with Gasteiger partial charge in [-0.2, -0.15) is 5.10 Å². The van der Waals surface area contributed by atoms with Gasteiger partial charge in [0.25, 0.3) is 0 Å². The fourth-order valence-corrected chi connectivity index (χ4v) is 2.71. The highest BCUT2D eigenvalue weighted by molar-refractivity contribution is 5.62. The molecule has 1 aliphatic heterocycles. The summed E-state index contributed by atoms with van der Waals surface area (Å²) in [6.07, 6.45) is 5.32. The lowest BCUT2D eigenvalue weighted by molar-refractivity contribution is 0.491. The van der Waals surface area contributed by atoms with Gasteiger partial charge >= 0.3 is 0 Å². The summed E-state index contributed by atoms with van der Waals surface area (Å²) in [5, 5.41) is 7.91. The third-order valence-electron chi connectivity index (χ3n) is 4.09. The van der Waals surface area contributed by atoms with Gasteiger partial charge in [0, 0.05) is 18.3 Å². The van der Waals surface area contributed by atoms with Gasteiger partial charge in [-0.15, -0.1) is 0 Å². The molecule has 1 fully saturated rings.